The molecule has 0 saturated carbocycles. The van der Waals surface area contributed by atoms with Gasteiger partial charge in [-0.2, -0.15) is 0 Å². The second kappa shape index (κ2) is 11.4. The highest BCUT2D eigenvalue weighted by Gasteiger charge is 2.59. The van der Waals surface area contributed by atoms with E-state index >= 15 is 0 Å². The van der Waals surface area contributed by atoms with Crippen molar-refractivity contribution in [1.29, 1.82) is 0 Å². The number of aromatic nitrogens is 3. The first-order valence-electron chi connectivity index (χ1n) is 14.2. The number of carbonyl (C=O) groups excluding carboxylic acids is 3. The van der Waals surface area contributed by atoms with Crippen molar-refractivity contribution in [3.05, 3.63) is 102 Å². The fraction of sp³-hybridized carbons (Fsp3) is 0.273. The van der Waals surface area contributed by atoms with Crippen molar-refractivity contribution in [2.45, 2.75) is 38.8 Å². The third kappa shape index (κ3) is 5.03. The number of methoxy groups -OCH3 is 1. The minimum absolute atomic E-state index is 0.254. The average Bonchev–Trinajstić information content (AvgIpc) is 3.24. The molecule has 2 fully saturated rings. The lowest BCUT2D eigenvalue weighted by Gasteiger charge is -2.41. The van der Waals surface area contributed by atoms with E-state index in [1.54, 1.807) is 47.6 Å². The monoisotopic (exact) mass is 576 g/mol. The molecule has 2 saturated heterocycles. The summed E-state index contributed by atoms with van der Waals surface area (Å²) in [6, 6.07) is 17.9. The van der Waals surface area contributed by atoms with Crippen LogP contribution in [0, 0.1) is 13.8 Å². The van der Waals surface area contributed by atoms with Crippen LogP contribution in [0.15, 0.2) is 79.4 Å². The first-order chi connectivity index (χ1) is 20.8. The molecule has 0 atom stereocenters. The molecular formula is C33H32N6O4. The number of imide groups is 1. The summed E-state index contributed by atoms with van der Waals surface area (Å²) < 4.78 is 4.83. The van der Waals surface area contributed by atoms with Crippen molar-refractivity contribution in [3.63, 3.8) is 0 Å². The summed E-state index contributed by atoms with van der Waals surface area (Å²) in [7, 11) is 1.35. The van der Waals surface area contributed by atoms with Crippen LogP contribution in [0.5, 0.6) is 0 Å². The molecule has 10 nitrogen and oxygen atoms in total. The van der Waals surface area contributed by atoms with Crippen LogP contribution in [-0.4, -0.2) is 63.5 Å². The van der Waals surface area contributed by atoms with Crippen LogP contribution < -0.4 is 9.80 Å². The number of esters is 1. The van der Waals surface area contributed by atoms with Gasteiger partial charge in [-0.05, 0) is 85.3 Å². The predicted molar refractivity (Wildman–Crippen MR) is 162 cm³/mol. The normalized spacial score (nSPS) is 16.6. The van der Waals surface area contributed by atoms with Gasteiger partial charge >= 0.3 is 12.0 Å². The Hall–Kier alpha value is -4.96. The molecular weight excluding hydrogens is 544 g/mol. The number of hydrogen-bond donors (Lipinski definition) is 0. The quantitative estimate of drug-likeness (QED) is 0.234. The topological polar surface area (TPSA) is 109 Å². The van der Waals surface area contributed by atoms with Gasteiger partial charge in [-0.15, -0.1) is 0 Å². The zero-order valence-electron chi connectivity index (χ0n) is 24.4. The molecule has 3 amide bonds. The van der Waals surface area contributed by atoms with Gasteiger partial charge in [0.05, 0.1) is 24.1 Å². The molecule has 43 heavy (non-hydrogen) atoms. The predicted octanol–water partition coefficient (Wildman–Crippen LogP) is 4.95. The molecule has 2 aliphatic rings. The first kappa shape index (κ1) is 28.2. The van der Waals surface area contributed by atoms with Gasteiger partial charge < -0.3 is 4.74 Å². The summed E-state index contributed by atoms with van der Waals surface area (Å²) in [5, 5.41) is 0. The maximum absolute atomic E-state index is 14.3. The summed E-state index contributed by atoms with van der Waals surface area (Å²) in [4.78, 5) is 58.3. The molecule has 0 unspecified atom stereocenters. The SMILES string of the molecule is COC(=O)c1ccc(-c2ccc(N3C(=O)N(c4ccncn4)C4(CCN(Cc5ncccc5C)CC4)C3=O)cc2)c(C)c1. The van der Waals surface area contributed by atoms with E-state index in [2.05, 4.69) is 19.9 Å². The van der Waals surface area contributed by atoms with E-state index in [1.165, 1.54) is 18.3 Å². The van der Waals surface area contributed by atoms with Crippen molar-refractivity contribution in [2.24, 2.45) is 0 Å². The molecule has 1 spiro atoms. The van der Waals surface area contributed by atoms with Crippen LogP contribution in [0.1, 0.15) is 40.0 Å². The number of carbonyl (C=O) groups is 3. The average molecular weight is 577 g/mol. The van der Waals surface area contributed by atoms with E-state index in [4.69, 9.17) is 4.74 Å². The summed E-state index contributed by atoms with van der Waals surface area (Å²) in [5.41, 5.74) is 4.80. The second-order valence-corrected chi connectivity index (χ2v) is 11.0. The standard InChI is InChI=1S/C33H32N6O4/c1-22-5-4-15-35-28(22)20-37-17-13-33(14-18-37)31(41)38(32(42)39(33)29-12-16-34-21-36-29)26-9-6-24(7-10-26)27-11-8-25(19-23(27)2)30(40)43-3/h4-12,15-16,19,21H,13-14,17-18,20H2,1-3H3. The number of benzene rings is 2. The molecule has 10 heteroatoms. The number of rotatable bonds is 6. The summed E-state index contributed by atoms with van der Waals surface area (Å²) in [6.45, 7) is 5.91. The van der Waals surface area contributed by atoms with Gasteiger partial charge in [-0.25, -0.2) is 24.5 Å². The Balaban J connectivity index is 1.28. The van der Waals surface area contributed by atoms with E-state index in [1.807, 2.05) is 44.2 Å². The lowest BCUT2D eigenvalue weighted by Crippen LogP contribution is -2.57. The number of likely N-dealkylation sites (tertiary alicyclic amines) is 1. The van der Waals surface area contributed by atoms with Gasteiger partial charge in [-0.3, -0.25) is 19.6 Å². The lowest BCUT2D eigenvalue weighted by molar-refractivity contribution is -0.123. The lowest BCUT2D eigenvalue weighted by atomic mass is 9.85. The Morgan fingerprint density at radius 3 is 2.35 bits per heavy atom. The zero-order valence-corrected chi connectivity index (χ0v) is 24.4. The molecule has 4 heterocycles. The molecule has 0 N–H and O–H groups in total. The van der Waals surface area contributed by atoms with Gasteiger partial charge in [0.2, 0.25) is 0 Å². The van der Waals surface area contributed by atoms with Crippen molar-refractivity contribution >= 4 is 29.4 Å². The summed E-state index contributed by atoms with van der Waals surface area (Å²) >= 11 is 0. The largest absolute Gasteiger partial charge is 0.465 e. The van der Waals surface area contributed by atoms with Crippen molar-refractivity contribution < 1.29 is 19.1 Å². The Kier molecular flexibility index (Phi) is 7.45. The van der Waals surface area contributed by atoms with Gasteiger partial charge in [0.15, 0.2) is 0 Å². The molecule has 6 rings (SSSR count). The van der Waals surface area contributed by atoms with E-state index < -0.39 is 17.5 Å². The highest BCUT2D eigenvalue weighted by Crippen LogP contribution is 2.42. The van der Waals surface area contributed by atoms with E-state index in [9.17, 15) is 14.4 Å². The number of nitrogens with zero attached hydrogens (tertiary/aromatic N) is 6. The molecule has 2 aromatic heterocycles. The van der Waals surface area contributed by atoms with E-state index in [0.29, 0.717) is 49.5 Å². The van der Waals surface area contributed by atoms with Gasteiger partial charge in [0.1, 0.15) is 17.7 Å². The van der Waals surface area contributed by atoms with Crippen LogP contribution >= 0.6 is 0 Å². The second-order valence-electron chi connectivity index (χ2n) is 11.0. The van der Waals surface area contributed by atoms with Crippen LogP contribution in [0.4, 0.5) is 16.3 Å². The summed E-state index contributed by atoms with van der Waals surface area (Å²) in [5.74, 6) is -0.241. The molecule has 4 aromatic rings. The van der Waals surface area contributed by atoms with Crippen molar-refractivity contribution in [3.8, 4) is 11.1 Å². The van der Waals surface area contributed by atoms with Crippen LogP contribution in [-0.2, 0) is 16.1 Å². The van der Waals surface area contributed by atoms with E-state index in [0.717, 1.165) is 27.9 Å². The Labute approximate surface area is 250 Å². The number of urea groups is 1. The van der Waals surface area contributed by atoms with Gasteiger partial charge in [0, 0.05) is 32.0 Å². The highest BCUT2D eigenvalue weighted by molar-refractivity contribution is 6.30. The minimum atomic E-state index is -1.06. The molecule has 0 aliphatic carbocycles. The molecule has 2 aliphatic heterocycles. The summed E-state index contributed by atoms with van der Waals surface area (Å²) in [6.07, 6.45) is 5.70. The first-order valence-corrected chi connectivity index (χ1v) is 14.2. The third-order valence-electron chi connectivity index (χ3n) is 8.47. The number of amides is 3. The zero-order chi connectivity index (χ0) is 30.1. The fourth-order valence-corrected chi connectivity index (χ4v) is 6.07. The Morgan fingerprint density at radius 2 is 1.70 bits per heavy atom. The number of pyridine rings is 1. The number of anilines is 2. The van der Waals surface area contributed by atoms with Crippen LogP contribution in [0.2, 0.25) is 0 Å². The smallest absolute Gasteiger partial charge is 0.338 e. The van der Waals surface area contributed by atoms with E-state index in [-0.39, 0.29) is 5.91 Å². The maximum atomic E-state index is 14.3. The maximum Gasteiger partial charge on any atom is 0.338 e. The minimum Gasteiger partial charge on any atom is -0.465 e. The Morgan fingerprint density at radius 1 is 0.930 bits per heavy atom. The number of aryl methyl sites for hydroxylation is 2. The van der Waals surface area contributed by atoms with Crippen LogP contribution in [0.25, 0.3) is 11.1 Å². The van der Waals surface area contributed by atoms with Crippen LogP contribution in [0.3, 0.4) is 0 Å². The number of piperidine rings is 1. The molecule has 0 radical (unpaired) electrons. The highest BCUT2D eigenvalue weighted by atomic mass is 16.5. The number of ether oxygens (including phenoxy) is 1. The third-order valence-corrected chi connectivity index (χ3v) is 8.47. The van der Waals surface area contributed by atoms with Crippen molar-refractivity contribution in [1.82, 2.24) is 19.9 Å². The fourth-order valence-electron chi connectivity index (χ4n) is 6.07. The van der Waals surface area contributed by atoms with Crippen molar-refractivity contribution in [2.75, 3.05) is 30.0 Å². The van der Waals surface area contributed by atoms with Gasteiger partial charge in [-0.1, -0.05) is 24.3 Å². The molecule has 218 valence electrons. The molecule has 2 aromatic carbocycles. The molecule has 0 bridgehead atoms. The van der Waals surface area contributed by atoms with Gasteiger partial charge in [0.25, 0.3) is 5.91 Å². The number of hydrogen-bond acceptors (Lipinski definition) is 8. The Bertz CT molecular complexity index is 1680.